The van der Waals surface area contributed by atoms with Crippen LogP contribution >= 0.6 is 0 Å². The molecule has 1 heterocycles. The number of nitrogens with one attached hydrogen (secondary N) is 2. The van der Waals surface area contributed by atoms with Gasteiger partial charge in [0.2, 0.25) is 0 Å². The van der Waals surface area contributed by atoms with E-state index >= 15 is 0 Å². The summed E-state index contributed by atoms with van der Waals surface area (Å²) in [5.41, 5.74) is 1.32. The fourth-order valence-corrected chi connectivity index (χ4v) is 1.53. The summed E-state index contributed by atoms with van der Waals surface area (Å²) in [5, 5.41) is 15.2. The first-order chi connectivity index (χ1) is 8.83. The van der Waals surface area contributed by atoms with Crippen LogP contribution in [0.2, 0.25) is 0 Å². The first-order valence-corrected chi connectivity index (χ1v) is 5.65. The largest absolute Gasteiger partial charge is 0.370 e. The zero-order valence-corrected chi connectivity index (χ0v) is 10.0. The molecule has 0 spiro atoms. The lowest BCUT2D eigenvalue weighted by Crippen LogP contribution is -2.02. The van der Waals surface area contributed by atoms with Crippen LogP contribution in [0, 0.1) is 11.3 Å². The summed E-state index contributed by atoms with van der Waals surface area (Å²) < 4.78 is 0. The van der Waals surface area contributed by atoms with Gasteiger partial charge in [0.1, 0.15) is 24.0 Å². The molecule has 0 radical (unpaired) electrons. The molecule has 0 atom stereocenters. The van der Waals surface area contributed by atoms with Crippen LogP contribution < -0.4 is 10.6 Å². The summed E-state index contributed by atoms with van der Waals surface area (Å²) in [6, 6.07) is 11.2. The summed E-state index contributed by atoms with van der Waals surface area (Å²) in [7, 11) is 0. The Morgan fingerprint density at radius 2 is 2.00 bits per heavy atom. The number of nitrogens with zero attached hydrogens (tertiary/aromatic N) is 3. The van der Waals surface area contributed by atoms with Crippen LogP contribution in [0.5, 0.6) is 0 Å². The summed E-state index contributed by atoms with van der Waals surface area (Å²) in [5.74, 6) is 1.41. The van der Waals surface area contributed by atoms with Crippen molar-refractivity contribution < 1.29 is 0 Å². The highest BCUT2D eigenvalue weighted by atomic mass is 15.1. The predicted molar refractivity (Wildman–Crippen MR) is 70.6 cm³/mol. The van der Waals surface area contributed by atoms with Crippen molar-refractivity contribution in [2.24, 2.45) is 0 Å². The van der Waals surface area contributed by atoms with E-state index in [9.17, 15) is 0 Å². The molecule has 5 nitrogen and oxygen atoms in total. The number of anilines is 3. The van der Waals surface area contributed by atoms with Gasteiger partial charge in [0.05, 0.1) is 11.3 Å². The lowest BCUT2D eigenvalue weighted by Gasteiger charge is -2.08. The highest BCUT2D eigenvalue weighted by molar-refractivity contribution is 5.65. The van der Waals surface area contributed by atoms with Crippen LogP contribution in [0.1, 0.15) is 12.5 Å². The van der Waals surface area contributed by atoms with Crippen molar-refractivity contribution in [2.75, 3.05) is 17.2 Å². The maximum absolute atomic E-state index is 9.00. The molecule has 0 saturated carbocycles. The molecule has 0 fully saturated rings. The van der Waals surface area contributed by atoms with Crippen LogP contribution in [0.4, 0.5) is 17.3 Å². The first-order valence-electron chi connectivity index (χ1n) is 5.65. The van der Waals surface area contributed by atoms with Crippen molar-refractivity contribution in [1.29, 1.82) is 5.26 Å². The topological polar surface area (TPSA) is 73.6 Å². The van der Waals surface area contributed by atoms with E-state index in [0.717, 1.165) is 18.1 Å². The van der Waals surface area contributed by atoms with Crippen molar-refractivity contribution in [1.82, 2.24) is 9.97 Å². The summed E-state index contributed by atoms with van der Waals surface area (Å²) in [6.45, 7) is 2.80. The van der Waals surface area contributed by atoms with Gasteiger partial charge < -0.3 is 10.6 Å². The number of aromatic nitrogens is 2. The molecule has 90 valence electrons. The Bertz CT molecular complexity index is 574. The molecule has 1 aromatic carbocycles. The molecule has 0 amide bonds. The normalized spacial score (nSPS) is 9.56. The second-order valence-corrected chi connectivity index (χ2v) is 3.60. The van der Waals surface area contributed by atoms with Crippen LogP contribution in [0.15, 0.2) is 36.7 Å². The van der Waals surface area contributed by atoms with Crippen molar-refractivity contribution in [2.45, 2.75) is 6.92 Å². The van der Waals surface area contributed by atoms with Crippen molar-refractivity contribution in [3.8, 4) is 6.07 Å². The first kappa shape index (κ1) is 11.9. The van der Waals surface area contributed by atoms with Crippen LogP contribution in [0.3, 0.4) is 0 Å². The third kappa shape index (κ3) is 2.74. The van der Waals surface area contributed by atoms with E-state index in [-0.39, 0.29) is 0 Å². The quantitative estimate of drug-likeness (QED) is 0.857. The fourth-order valence-electron chi connectivity index (χ4n) is 1.53. The van der Waals surface area contributed by atoms with Crippen LogP contribution in [-0.4, -0.2) is 16.5 Å². The van der Waals surface area contributed by atoms with Crippen molar-refractivity contribution in [3.63, 3.8) is 0 Å². The predicted octanol–water partition coefficient (Wildman–Crippen LogP) is 2.52. The second-order valence-electron chi connectivity index (χ2n) is 3.60. The van der Waals surface area contributed by atoms with Gasteiger partial charge >= 0.3 is 0 Å². The van der Waals surface area contributed by atoms with E-state index in [1.807, 2.05) is 25.1 Å². The summed E-state index contributed by atoms with van der Waals surface area (Å²) >= 11 is 0. The van der Waals surface area contributed by atoms with E-state index in [1.54, 1.807) is 12.1 Å². The summed E-state index contributed by atoms with van der Waals surface area (Å²) in [4.78, 5) is 8.21. The Labute approximate surface area is 106 Å². The average Bonchev–Trinajstić information content (AvgIpc) is 2.40. The van der Waals surface area contributed by atoms with Gasteiger partial charge in [-0.1, -0.05) is 12.1 Å². The zero-order valence-electron chi connectivity index (χ0n) is 10.0. The molecule has 2 N–H and O–H groups in total. The van der Waals surface area contributed by atoms with Gasteiger partial charge in [-0.3, -0.25) is 0 Å². The van der Waals surface area contributed by atoms with Crippen molar-refractivity contribution in [3.05, 3.63) is 42.2 Å². The maximum Gasteiger partial charge on any atom is 0.135 e. The third-order valence-corrected chi connectivity index (χ3v) is 2.34. The molecule has 2 rings (SSSR count). The average molecular weight is 239 g/mol. The number of benzene rings is 1. The Morgan fingerprint density at radius 1 is 1.22 bits per heavy atom. The molecule has 0 unspecified atom stereocenters. The Hall–Kier alpha value is -2.61. The lowest BCUT2D eigenvalue weighted by atomic mass is 10.2. The second kappa shape index (κ2) is 5.64. The molecule has 0 aliphatic carbocycles. The van der Waals surface area contributed by atoms with Gasteiger partial charge in [-0.15, -0.1) is 0 Å². The number of nitriles is 1. The standard InChI is InChI=1S/C13H13N5/c1-2-15-12-7-13(17-9-16-12)18-11-6-4-3-5-10(11)8-14/h3-7,9H,2H2,1H3,(H2,15,16,17,18). The van der Waals surface area contributed by atoms with Gasteiger partial charge in [-0.25, -0.2) is 9.97 Å². The highest BCUT2D eigenvalue weighted by Crippen LogP contribution is 2.19. The number of rotatable bonds is 4. The zero-order chi connectivity index (χ0) is 12.8. The summed E-state index contributed by atoms with van der Waals surface area (Å²) in [6.07, 6.45) is 1.48. The Morgan fingerprint density at radius 3 is 2.78 bits per heavy atom. The van der Waals surface area contributed by atoms with Gasteiger partial charge in [-0.05, 0) is 19.1 Å². The Balaban J connectivity index is 2.23. The minimum absolute atomic E-state index is 0.584. The van der Waals surface area contributed by atoms with Gasteiger partial charge in [-0.2, -0.15) is 5.26 Å². The number of para-hydroxylation sites is 1. The van der Waals surface area contributed by atoms with Gasteiger partial charge in [0.25, 0.3) is 0 Å². The number of hydrogen-bond acceptors (Lipinski definition) is 5. The molecule has 0 aliphatic rings. The number of hydrogen-bond donors (Lipinski definition) is 2. The van der Waals surface area contributed by atoms with Crippen molar-refractivity contribution >= 4 is 17.3 Å². The van der Waals surface area contributed by atoms with Gasteiger partial charge in [0.15, 0.2) is 0 Å². The Kier molecular flexibility index (Phi) is 3.72. The molecule has 5 heteroatoms. The molecule has 0 saturated heterocycles. The minimum atomic E-state index is 0.584. The third-order valence-electron chi connectivity index (χ3n) is 2.34. The SMILES string of the molecule is CCNc1cc(Nc2ccccc2C#N)ncn1. The molecular weight excluding hydrogens is 226 g/mol. The molecule has 0 bridgehead atoms. The van der Waals surface area contributed by atoms with Crippen LogP contribution in [-0.2, 0) is 0 Å². The minimum Gasteiger partial charge on any atom is -0.370 e. The fraction of sp³-hybridized carbons (Fsp3) is 0.154. The van der Waals surface area contributed by atoms with Gasteiger partial charge in [0, 0.05) is 12.6 Å². The monoisotopic (exact) mass is 239 g/mol. The molecule has 2 aromatic rings. The smallest absolute Gasteiger partial charge is 0.135 e. The van der Waals surface area contributed by atoms with E-state index in [0.29, 0.717) is 11.4 Å². The molecule has 0 aliphatic heterocycles. The molecule has 1 aromatic heterocycles. The maximum atomic E-state index is 9.00. The molecule has 18 heavy (non-hydrogen) atoms. The van der Waals surface area contributed by atoms with E-state index < -0.39 is 0 Å². The highest BCUT2D eigenvalue weighted by Gasteiger charge is 2.02. The van der Waals surface area contributed by atoms with E-state index in [1.165, 1.54) is 6.33 Å². The van der Waals surface area contributed by atoms with Crippen LogP contribution in [0.25, 0.3) is 0 Å². The van der Waals surface area contributed by atoms with E-state index in [2.05, 4.69) is 26.7 Å². The molecular formula is C13H13N5. The lowest BCUT2D eigenvalue weighted by molar-refractivity contribution is 1.11. The van der Waals surface area contributed by atoms with E-state index in [4.69, 9.17) is 5.26 Å².